The Morgan fingerprint density at radius 2 is 1.76 bits per heavy atom. The van der Waals surface area contributed by atoms with Crippen LogP contribution in [0.5, 0.6) is 0 Å². The fourth-order valence-corrected chi connectivity index (χ4v) is 5.18. The SMILES string of the molecule is Cc1ccc(NC(=O)C(Cc2ccccc2)NS(=O)(=O)c2cccc3cccnc23)c(Cl)c1. The number of aryl methyl sites for hydroxylation is 1. The van der Waals surface area contributed by atoms with Gasteiger partial charge in [0.1, 0.15) is 10.9 Å². The third-order valence-corrected chi connectivity index (χ3v) is 6.98. The third-order valence-electron chi connectivity index (χ3n) is 5.16. The zero-order valence-electron chi connectivity index (χ0n) is 17.8. The number of hydrogen-bond acceptors (Lipinski definition) is 4. The largest absolute Gasteiger partial charge is 0.323 e. The van der Waals surface area contributed by atoms with E-state index in [9.17, 15) is 13.2 Å². The molecule has 1 atom stereocenters. The first-order valence-electron chi connectivity index (χ1n) is 10.3. The second kappa shape index (κ2) is 9.70. The number of rotatable bonds is 7. The Hall–Kier alpha value is -3.26. The first-order valence-corrected chi connectivity index (χ1v) is 12.2. The molecule has 1 aromatic heterocycles. The second-order valence-electron chi connectivity index (χ2n) is 7.67. The van der Waals surface area contributed by atoms with Crippen molar-refractivity contribution in [1.82, 2.24) is 9.71 Å². The van der Waals surface area contributed by atoms with E-state index < -0.39 is 22.0 Å². The molecule has 2 N–H and O–H groups in total. The van der Waals surface area contributed by atoms with Gasteiger partial charge in [0, 0.05) is 11.6 Å². The molecule has 0 fully saturated rings. The minimum absolute atomic E-state index is 0.0137. The number of amides is 1. The Balaban J connectivity index is 1.67. The molecule has 0 saturated carbocycles. The number of sulfonamides is 1. The van der Waals surface area contributed by atoms with E-state index in [0.717, 1.165) is 11.1 Å². The highest BCUT2D eigenvalue weighted by Crippen LogP contribution is 2.24. The first-order chi connectivity index (χ1) is 15.8. The van der Waals surface area contributed by atoms with Crippen LogP contribution in [-0.4, -0.2) is 25.4 Å². The minimum atomic E-state index is -4.07. The molecule has 8 heteroatoms. The van der Waals surface area contributed by atoms with Crippen molar-refractivity contribution in [2.75, 3.05) is 5.32 Å². The maximum absolute atomic E-state index is 13.4. The molecule has 3 aromatic carbocycles. The molecule has 1 amide bonds. The van der Waals surface area contributed by atoms with Gasteiger partial charge in [-0.25, -0.2) is 8.42 Å². The van der Waals surface area contributed by atoms with E-state index in [-0.39, 0.29) is 11.3 Å². The highest BCUT2D eigenvalue weighted by molar-refractivity contribution is 7.89. The summed E-state index contributed by atoms with van der Waals surface area (Å²) in [5, 5.41) is 3.82. The zero-order chi connectivity index (χ0) is 23.4. The number of nitrogens with one attached hydrogen (secondary N) is 2. The van der Waals surface area contributed by atoms with Gasteiger partial charge >= 0.3 is 0 Å². The summed E-state index contributed by atoms with van der Waals surface area (Å²) in [7, 11) is -4.07. The summed E-state index contributed by atoms with van der Waals surface area (Å²) in [6.45, 7) is 1.89. The average molecular weight is 480 g/mol. The number of pyridine rings is 1. The second-order valence-corrected chi connectivity index (χ2v) is 9.76. The molecule has 6 nitrogen and oxygen atoms in total. The van der Waals surface area contributed by atoms with Crippen LogP contribution in [0.15, 0.2) is 90.0 Å². The van der Waals surface area contributed by atoms with Gasteiger partial charge in [0.2, 0.25) is 15.9 Å². The van der Waals surface area contributed by atoms with Gasteiger partial charge in [-0.3, -0.25) is 9.78 Å². The van der Waals surface area contributed by atoms with E-state index in [0.29, 0.717) is 21.6 Å². The van der Waals surface area contributed by atoms with Crippen LogP contribution >= 0.6 is 11.6 Å². The van der Waals surface area contributed by atoms with Crippen LogP contribution in [0.2, 0.25) is 5.02 Å². The summed E-state index contributed by atoms with van der Waals surface area (Å²) in [5.41, 5.74) is 2.51. The molecule has 0 radical (unpaired) electrons. The number of halogens is 1. The van der Waals surface area contributed by atoms with Gasteiger partial charge in [-0.05, 0) is 48.7 Å². The van der Waals surface area contributed by atoms with Gasteiger partial charge in [-0.1, -0.05) is 66.2 Å². The lowest BCUT2D eigenvalue weighted by atomic mass is 10.1. The summed E-state index contributed by atoms with van der Waals surface area (Å²) >= 11 is 6.27. The van der Waals surface area contributed by atoms with Crippen molar-refractivity contribution in [3.63, 3.8) is 0 Å². The van der Waals surface area contributed by atoms with Crippen molar-refractivity contribution in [2.24, 2.45) is 0 Å². The molecule has 0 bridgehead atoms. The fraction of sp³-hybridized carbons (Fsp3) is 0.120. The monoisotopic (exact) mass is 479 g/mol. The molecular formula is C25H22ClN3O3S. The van der Waals surface area contributed by atoms with E-state index in [1.165, 1.54) is 12.3 Å². The topological polar surface area (TPSA) is 88.2 Å². The van der Waals surface area contributed by atoms with E-state index in [4.69, 9.17) is 11.6 Å². The van der Waals surface area contributed by atoms with Crippen molar-refractivity contribution in [3.05, 3.63) is 101 Å². The van der Waals surface area contributed by atoms with E-state index in [2.05, 4.69) is 15.0 Å². The predicted molar refractivity (Wildman–Crippen MR) is 131 cm³/mol. The number of carbonyl (C=O) groups excluding carboxylic acids is 1. The molecule has 4 rings (SSSR count). The van der Waals surface area contributed by atoms with Crippen LogP contribution in [0, 0.1) is 6.92 Å². The summed E-state index contributed by atoms with van der Waals surface area (Å²) in [4.78, 5) is 17.5. The Bertz CT molecular complexity index is 1400. The Morgan fingerprint density at radius 1 is 1.00 bits per heavy atom. The minimum Gasteiger partial charge on any atom is -0.323 e. The average Bonchev–Trinajstić information content (AvgIpc) is 2.80. The number of nitrogens with zero attached hydrogens (tertiary/aromatic N) is 1. The number of fused-ring (bicyclic) bond motifs is 1. The highest BCUT2D eigenvalue weighted by Gasteiger charge is 2.28. The van der Waals surface area contributed by atoms with Crippen molar-refractivity contribution in [1.29, 1.82) is 0 Å². The molecule has 1 heterocycles. The van der Waals surface area contributed by atoms with Gasteiger partial charge in [-0.15, -0.1) is 0 Å². The van der Waals surface area contributed by atoms with Crippen LogP contribution in [-0.2, 0) is 21.2 Å². The molecule has 0 aliphatic heterocycles. The third kappa shape index (κ3) is 5.39. The van der Waals surface area contributed by atoms with Crippen LogP contribution < -0.4 is 10.0 Å². The lowest BCUT2D eigenvalue weighted by Gasteiger charge is -2.20. The van der Waals surface area contributed by atoms with Gasteiger partial charge in [0.25, 0.3) is 0 Å². The maximum Gasteiger partial charge on any atom is 0.243 e. The fourth-order valence-electron chi connectivity index (χ4n) is 3.52. The Morgan fingerprint density at radius 3 is 2.52 bits per heavy atom. The lowest BCUT2D eigenvalue weighted by Crippen LogP contribution is -2.45. The molecule has 0 saturated heterocycles. The number of anilines is 1. The number of aromatic nitrogens is 1. The Labute approximate surface area is 197 Å². The summed E-state index contributed by atoms with van der Waals surface area (Å²) in [6, 6.07) is 21.8. The molecule has 0 spiro atoms. The van der Waals surface area contributed by atoms with Crippen LogP contribution in [0.1, 0.15) is 11.1 Å². The van der Waals surface area contributed by atoms with Gasteiger partial charge in [-0.2, -0.15) is 4.72 Å². The smallest absolute Gasteiger partial charge is 0.243 e. The van der Waals surface area contributed by atoms with Crippen LogP contribution in [0.25, 0.3) is 10.9 Å². The normalized spacial score (nSPS) is 12.4. The van der Waals surface area contributed by atoms with Crippen molar-refractivity contribution in [3.8, 4) is 0 Å². The van der Waals surface area contributed by atoms with Gasteiger partial charge in [0.05, 0.1) is 16.2 Å². The standard InChI is InChI=1S/C25H22ClN3O3S/c1-17-12-13-21(20(26)15-17)28-25(30)22(16-18-7-3-2-4-8-18)29-33(31,32)23-11-5-9-19-10-6-14-27-24(19)23/h2-15,22,29H,16H2,1H3,(H,28,30). The van der Waals surface area contributed by atoms with Crippen LogP contribution in [0.3, 0.4) is 0 Å². The van der Waals surface area contributed by atoms with Crippen molar-refractivity contribution < 1.29 is 13.2 Å². The Kier molecular flexibility index (Phi) is 6.74. The van der Waals surface area contributed by atoms with Crippen LogP contribution in [0.4, 0.5) is 5.69 Å². The van der Waals surface area contributed by atoms with Crippen molar-refractivity contribution in [2.45, 2.75) is 24.3 Å². The maximum atomic E-state index is 13.4. The molecule has 4 aromatic rings. The van der Waals surface area contributed by atoms with Gasteiger partial charge < -0.3 is 5.32 Å². The van der Waals surface area contributed by atoms with Gasteiger partial charge in [0.15, 0.2) is 0 Å². The molecule has 1 unspecified atom stereocenters. The highest BCUT2D eigenvalue weighted by atomic mass is 35.5. The predicted octanol–water partition coefficient (Wildman–Crippen LogP) is 4.72. The molecule has 33 heavy (non-hydrogen) atoms. The van der Waals surface area contributed by atoms with Crippen molar-refractivity contribution >= 4 is 44.1 Å². The number of para-hydroxylation sites is 1. The summed E-state index contributed by atoms with van der Waals surface area (Å²) < 4.78 is 29.3. The lowest BCUT2D eigenvalue weighted by molar-refractivity contribution is -0.117. The zero-order valence-corrected chi connectivity index (χ0v) is 19.4. The molecule has 168 valence electrons. The van der Waals surface area contributed by atoms with E-state index >= 15 is 0 Å². The molecule has 0 aliphatic rings. The summed E-state index contributed by atoms with van der Waals surface area (Å²) in [5.74, 6) is -0.513. The number of carbonyl (C=O) groups is 1. The quantitative estimate of drug-likeness (QED) is 0.401. The summed E-state index contributed by atoms with van der Waals surface area (Å²) in [6.07, 6.45) is 1.70. The molecule has 0 aliphatic carbocycles. The number of hydrogen-bond donors (Lipinski definition) is 2. The number of benzene rings is 3. The first kappa shape index (κ1) is 22.9. The van der Waals surface area contributed by atoms with E-state index in [1.807, 2.05) is 43.3 Å². The molecular weight excluding hydrogens is 458 g/mol. The van der Waals surface area contributed by atoms with E-state index in [1.54, 1.807) is 36.4 Å².